The Kier molecular flexibility index (Phi) is 6.49. The van der Waals surface area contributed by atoms with Crippen molar-refractivity contribution in [3.63, 3.8) is 0 Å². The van der Waals surface area contributed by atoms with Crippen LogP contribution >= 0.6 is 0 Å². The molecule has 0 saturated carbocycles. The molecule has 9 aromatic rings. The summed E-state index contributed by atoms with van der Waals surface area (Å²) in [6.45, 7) is 0. The van der Waals surface area contributed by atoms with Crippen molar-refractivity contribution in [1.29, 1.82) is 0 Å². The van der Waals surface area contributed by atoms with Crippen LogP contribution in [0.15, 0.2) is 176 Å². The molecule has 50 heavy (non-hydrogen) atoms. The molecule has 0 atom stereocenters. The van der Waals surface area contributed by atoms with Gasteiger partial charge in [0.05, 0.1) is 11.4 Å². The largest absolute Gasteiger partial charge is 0.253 e. The molecule has 0 saturated heterocycles. The van der Waals surface area contributed by atoms with E-state index >= 15 is 0 Å². The van der Waals surface area contributed by atoms with Gasteiger partial charge in [0.2, 0.25) is 0 Å². The van der Waals surface area contributed by atoms with Crippen LogP contribution in [0, 0.1) is 0 Å². The first kappa shape index (κ1) is 28.3. The van der Waals surface area contributed by atoms with Gasteiger partial charge in [0.1, 0.15) is 5.69 Å². The summed E-state index contributed by atoms with van der Waals surface area (Å²) in [4.78, 5) is 14.8. The number of aromatic nitrogens is 3. The van der Waals surface area contributed by atoms with E-state index < -0.39 is 0 Å². The van der Waals surface area contributed by atoms with Gasteiger partial charge in [-0.1, -0.05) is 152 Å². The molecular weight excluding hydrogens is 607 g/mol. The highest BCUT2D eigenvalue weighted by molar-refractivity contribution is 6.28. The van der Waals surface area contributed by atoms with Crippen LogP contribution in [-0.4, -0.2) is 15.0 Å². The number of rotatable bonds is 5. The fourth-order valence-electron chi connectivity index (χ4n) is 7.78. The summed E-state index contributed by atoms with van der Waals surface area (Å²) in [6.07, 6.45) is 1.79. The number of fused-ring (bicyclic) bond motifs is 4. The summed E-state index contributed by atoms with van der Waals surface area (Å²) in [5.74, 6) is 0.609. The maximum atomic E-state index is 5.18. The highest BCUT2D eigenvalue weighted by Gasteiger charge is 2.31. The summed E-state index contributed by atoms with van der Waals surface area (Å²) in [5, 5.41) is 4.93. The SMILES string of the molecule is c1ccc(-c2cc(-c3ccc4c5c(cccc35)-c3c-4c(-c4ccccc4)c4ccccc4c3-c3ccccc3)nc(-c3ccccn3)n2)cc1. The molecule has 0 unspecified atom stereocenters. The molecule has 2 aromatic heterocycles. The Morgan fingerprint density at radius 3 is 1.46 bits per heavy atom. The van der Waals surface area contributed by atoms with E-state index in [1.54, 1.807) is 6.20 Å². The normalized spacial score (nSPS) is 11.6. The fraction of sp³-hybridized carbons (Fsp3) is 0. The van der Waals surface area contributed by atoms with E-state index in [0.717, 1.165) is 28.2 Å². The molecule has 10 rings (SSSR count). The minimum absolute atomic E-state index is 0.609. The van der Waals surface area contributed by atoms with Crippen LogP contribution in [0.4, 0.5) is 0 Å². The molecule has 0 fully saturated rings. The molecule has 0 N–H and O–H groups in total. The maximum Gasteiger partial charge on any atom is 0.179 e. The van der Waals surface area contributed by atoms with Gasteiger partial charge in [0, 0.05) is 17.3 Å². The minimum Gasteiger partial charge on any atom is -0.253 e. The highest BCUT2D eigenvalue weighted by atomic mass is 14.9. The lowest BCUT2D eigenvalue weighted by Gasteiger charge is -2.20. The Morgan fingerprint density at radius 1 is 0.320 bits per heavy atom. The van der Waals surface area contributed by atoms with Crippen LogP contribution in [-0.2, 0) is 0 Å². The van der Waals surface area contributed by atoms with E-state index in [4.69, 9.17) is 9.97 Å². The Hall–Kier alpha value is -6.71. The second-order valence-electron chi connectivity index (χ2n) is 12.7. The lowest BCUT2D eigenvalue weighted by molar-refractivity contribution is 1.15. The molecule has 2 heterocycles. The molecule has 1 aliphatic carbocycles. The lowest BCUT2D eigenvalue weighted by Crippen LogP contribution is -1.97. The van der Waals surface area contributed by atoms with Crippen molar-refractivity contribution in [2.45, 2.75) is 0 Å². The van der Waals surface area contributed by atoms with Gasteiger partial charge in [0.25, 0.3) is 0 Å². The summed E-state index contributed by atoms with van der Waals surface area (Å²) in [7, 11) is 0. The molecule has 3 heteroatoms. The average Bonchev–Trinajstić information content (AvgIpc) is 3.53. The Morgan fingerprint density at radius 2 is 0.840 bits per heavy atom. The van der Waals surface area contributed by atoms with Crippen LogP contribution < -0.4 is 0 Å². The van der Waals surface area contributed by atoms with Gasteiger partial charge in [-0.25, -0.2) is 9.97 Å². The van der Waals surface area contributed by atoms with Gasteiger partial charge in [-0.2, -0.15) is 0 Å². The average molecular weight is 636 g/mol. The van der Waals surface area contributed by atoms with Crippen molar-refractivity contribution in [3.05, 3.63) is 176 Å². The van der Waals surface area contributed by atoms with Gasteiger partial charge in [-0.15, -0.1) is 0 Å². The van der Waals surface area contributed by atoms with Crippen molar-refractivity contribution in [2.24, 2.45) is 0 Å². The summed E-state index contributed by atoms with van der Waals surface area (Å²) in [5.41, 5.74) is 14.6. The lowest BCUT2D eigenvalue weighted by atomic mass is 9.82. The zero-order valence-electron chi connectivity index (χ0n) is 27.1. The van der Waals surface area contributed by atoms with E-state index in [9.17, 15) is 0 Å². The molecule has 0 spiro atoms. The molecule has 7 aromatic carbocycles. The molecule has 232 valence electrons. The van der Waals surface area contributed by atoms with Gasteiger partial charge in [-0.3, -0.25) is 4.98 Å². The minimum atomic E-state index is 0.609. The van der Waals surface area contributed by atoms with Crippen LogP contribution in [0.1, 0.15) is 0 Å². The zero-order valence-corrected chi connectivity index (χ0v) is 27.1. The molecule has 3 nitrogen and oxygen atoms in total. The fourth-order valence-corrected chi connectivity index (χ4v) is 7.78. The molecule has 0 aliphatic heterocycles. The first-order valence-corrected chi connectivity index (χ1v) is 17.0. The molecule has 0 amide bonds. The molecular formula is C47H29N3. The van der Waals surface area contributed by atoms with Gasteiger partial charge in [-0.05, 0) is 84.3 Å². The van der Waals surface area contributed by atoms with Crippen LogP contribution in [0.25, 0.3) is 100 Å². The predicted molar refractivity (Wildman–Crippen MR) is 206 cm³/mol. The Bertz CT molecular complexity index is 2570. The van der Waals surface area contributed by atoms with Crippen molar-refractivity contribution in [2.75, 3.05) is 0 Å². The maximum absolute atomic E-state index is 5.18. The predicted octanol–water partition coefficient (Wildman–Crippen LogP) is 12.2. The van der Waals surface area contributed by atoms with Crippen molar-refractivity contribution >= 4 is 21.5 Å². The quantitative estimate of drug-likeness (QED) is 0.189. The molecule has 0 bridgehead atoms. The summed E-state index contributed by atoms with van der Waals surface area (Å²) < 4.78 is 0. The first-order chi connectivity index (χ1) is 24.8. The third-order valence-electron chi connectivity index (χ3n) is 9.89. The summed E-state index contributed by atoms with van der Waals surface area (Å²) >= 11 is 0. The standard InChI is InChI=1S/C47H29N3/c1-4-15-30(16-5-1)40-29-41(50-47(49-40)39-25-12-13-28-48-39)33-26-27-38-44-34(33)23-14-24-37(44)45-42(31-17-6-2-7-18-31)35-21-10-11-22-36(35)43(46(38)45)32-19-8-3-9-20-32/h1-29H. The summed E-state index contributed by atoms with van der Waals surface area (Å²) in [6, 6.07) is 60.2. The second kappa shape index (κ2) is 11.5. The third kappa shape index (κ3) is 4.41. The zero-order chi connectivity index (χ0) is 33.0. The first-order valence-electron chi connectivity index (χ1n) is 17.0. The van der Waals surface area contributed by atoms with Crippen LogP contribution in [0.2, 0.25) is 0 Å². The number of benzene rings is 7. The monoisotopic (exact) mass is 635 g/mol. The van der Waals surface area contributed by atoms with E-state index in [-0.39, 0.29) is 0 Å². The van der Waals surface area contributed by atoms with Gasteiger partial charge >= 0.3 is 0 Å². The van der Waals surface area contributed by atoms with E-state index in [2.05, 4.69) is 138 Å². The second-order valence-corrected chi connectivity index (χ2v) is 12.7. The van der Waals surface area contributed by atoms with E-state index in [1.807, 2.05) is 36.4 Å². The third-order valence-corrected chi connectivity index (χ3v) is 9.89. The van der Waals surface area contributed by atoms with Crippen molar-refractivity contribution in [3.8, 4) is 78.5 Å². The van der Waals surface area contributed by atoms with Crippen molar-refractivity contribution in [1.82, 2.24) is 15.0 Å². The number of hydrogen-bond acceptors (Lipinski definition) is 3. The van der Waals surface area contributed by atoms with Gasteiger partial charge in [0.15, 0.2) is 5.82 Å². The number of hydrogen-bond donors (Lipinski definition) is 0. The molecule has 0 radical (unpaired) electrons. The Balaban J connectivity index is 1.30. The molecule has 1 aliphatic rings. The topological polar surface area (TPSA) is 38.7 Å². The van der Waals surface area contributed by atoms with E-state index in [0.29, 0.717) is 5.82 Å². The highest BCUT2D eigenvalue weighted by Crippen LogP contribution is 2.58. The smallest absolute Gasteiger partial charge is 0.179 e. The van der Waals surface area contributed by atoms with Crippen LogP contribution in [0.5, 0.6) is 0 Å². The Labute approximate surface area is 290 Å². The number of nitrogens with zero attached hydrogens (tertiary/aromatic N) is 3. The van der Waals surface area contributed by atoms with Crippen LogP contribution in [0.3, 0.4) is 0 Å². The number of pyridine rings is 1. The van der Waals surface area contributed by atoms with Crippen molar-refractivity contribution < 1.29 is 0 Å². The van der Waals surface area contributed by atoms with E-state index in [1.165, 1.54) is 66.1 Å². The van der Waals surface area contributed by atoms with Gasteiger partial charge < -0.3 is 0 Å².